The molecule has 0 saturated heterocycles. The summed E-state index contributed by atoms with van der Waals surface area (Å²) in [6.45, 7) is 12.0. The Hall–Kier alpha value is -2.16. The van der Waals surface area contributed by atoms with Crippen LogP contribution < -0.4 is 5.32 Å². The molecule has 0 spiro atoms. The van der Waals surface area contributed by atoms with Crippen LogP contribution in [0.2, 0.25) is 0 Å². The van der Waals surface area contributed by atoms with Crippen LogP contribution in [0.1, 0.15) is 356 Å². The van der Waals surface area contributed by atoms with Crippen LogP contribution in [0.5, 0.6) is 0 Å². The fourth-order valence-electron chi connectivity index (χ4n) is 9.89. The van der Waals surface area contributed by atoms with Gasteiger partial charge in [0.15, 0.2) is 0 Å². The molecule has 0 aliphatic carbocycles. The summed E-state index contributed by atoms with van der Waals surface area (Å²) in [4.78, 5) is 52.5. The molecular weight excluding hydrogens is 923 g/mol. The van der Waals surface area contributed by atoms with Crippen molar-refractivity contribution in [3.8, 4) is 0 Å². The molecule has 0 amide bonds. The predicted octanol–water partition coefficient (Wildman–Crippen LogP) is 19.5. The van der Waals surface area contributed by atoms with Crippen LogP contribution in [0.3, 0.4) is 0 Å². The lowest BCUT2D eigenvalue weighted by atomic mass is 10.0. The van der Waals surface area contributed by atoms with Crippen molar-refractivity contribution in [3.63, 3.8) is 0 Å². The minimum absolute atomic E-state index is 0.0479. The molecule has 0 atom stereocenters. The van der Waals surface area contributed by atoms with E-state index in [1.54, 1.807) is 0 Å². The van der Waals surface area contributed by atoms with Crippen LogP contribution in [0.25, 0.3) is 0 Å². The first kappa shape index (κ1) is 71.8. The van der Waals surface area contributed by atoms with Crippen molar-refractivity contribution in [1.82, 2.24) is 5.32 Å². The molecular formula is C65H125NO8. The Labute approximate surface area is 459 Å². The average molecular weight is 1050 g/mol. The van der Waals surface area contributed by atoms with E-state index in [4.69, 9.17) is 18.9 Å². The molecule has 0 rings (SSSR count). The van der Waals surface area contributed by atoms with Gasteiger partial charge in [0.25, 0.3) is 0 Å². The topological polar surface area (TPSA) is 117 Å². The summed E-state index contributed by atoms with van der Waals surface area (Å²) < 4.78 is 23.3. The van der Waals surface area contributed by atoms with Crippen LogP contribution in [0.15, 0.2) is 0 Å². The fourth-order valence-corrected chi connectivity index (χ4v) is 9.89. The molecule has 438 valence electrons. The van der Waals surface area contributed by atoms with E-state index in [2.05, 4.69) is 26.1 Å². The molecule has 9 nitrogen and oxygen atoms in total. The van der Waals surface area contributed by atoms with E-state index in [-0.39, 0.29) is 56.7 Å². The Morgan fingerprint density at radius 2 is 0.486 bits per heavy atom. The molecule has 0 aromatic rings. The molecule has 0 aromatic heterocycles. The molecule has 0 aliphatic rings. The highest BCUT2D eigenvalue weighted by Gasteiger charge is 2.36. The van der Waals surface area contributed by atoms with Crippen molar-refractivity contribution >= 4 is 23.9 Å². The fraction of sp³-hybridized carbons (Fsp3) is 0.938. The minimum atomic E-state index is -1.22. The zero-order valence-corrected chi connectivity index (χ0v) is 50.2. The zero-order chi connectivity index (χ0) is 54.3. The van der Waals surface area contributed by atoms with Gasteiger partial charge in [-0.2, -0.15) is 0 Å². The lowest BCUT2D eigenvalue weighted by molar-refractivity contribution is -0.160. The zero-order valence-electron chi connectivity index (χ0n) is 50.2. The average Bonchev–Trinajstić information content (AvgIpc) is 3.37. The van der Waals surface area contributed by atoms with Gasteiger partial charge in [0.05, 0.1) is 6.42 Å². The van der Waals surface area contributed by atoms with Crippen LogP contribution in [0, 0.1) is 0 Å². The van der Waals surface area contributed by atoms with Gasteiger partial charge in [0, 0.05) is 25.8 Å². The van der Waals surface area contributed by atoms with Crippen LogP contribution in [-0.2, 0) is 38.1 Å². The first-order valence-electron chi connectivity index (χ1n) is 32.4. The van der Waals surface area contributed by atoms with Crippen molar-refractivity contribution < 1.29 is 38.1 Å². The van der Waals surface area contributed by atoms with E-state index in [9.17, 15) is 19.2 Å². The third-order valence-electron chi connectivity index (χ3n) is 14.7. The summed E-state index contributed by atoms with van der Waals surface area (Å²) in [6, 6.07) is 0. The maximum Gasteiger partial charge on any atom is 0.307 e. The van der Waals surface area contributed by atoms with Crippen LogP contribution in [0.4, 0.5) is 0 Å². The first-order chi connectivity index (χ1) is 36.0. The maximum atomic E-state index is 13.2. The van der Waals surface area contributed by atoms with Crippen molar-refractivity contribution in [2.24, 2.45) is 0 Å². The second-order valence-electron chi connectivity index (χ2n) is 23.6. The maximum absolute atomic E-state index is 13.2. The van der Waals surface area contributed by atoms with Crippen LogP contribution >= 0.6 is 0 Å². The number of rotatable bonds is 58. The van der Waals surface area contributed by atoms with Crippen molar-refractivity contribution in [1.29, 1.82) is 0 Å². The van der Waals surface area contributed by atoms with Gasteiger partial charge in [0.2, 0.25) is 0 Å². The molecule has 0 heterocycles. The monoisotopic (exact) mass is 1050 g/mol. The lowest BCUT2D eigenvalue weighted by Crippen LogP contribution is -2.58. The Kier molecular flexibility index (Phi) is 52.6. The Morgan fingerprint density at radius 3 is 0.689 bits per heavy atom. The number of ether oxygens (including phenoxy) is 4. The molecule has 0 bridgehead atoms. The van der Waals surface area contributed by atoms with Gasteiger partial charge < -0.3 is 24.3 Å². The molecule has 74 heavy (non-hydrogen) atoms. The van der Waals surface area contributed by atoms with E-state index >= 15 is 0 Å². The van der Waals surface area contributed by atoms with Crippen molar-refractivity contribution in [3.05, 3.63) is 0 Å². The quantitative estimate of drug-likeness (QED) is 0.0361. The highest BCUT2D eigenvalue weighted by molar-refractivity contribution is 5.71. The SMILES string of the molecule is CCCCCCCCCCCCCCCCCC(=O)OCC(COC(=O)CCCCCCCCCCCCCCCCC)(COC(=O)CCCCCCCCCCCCCCCCC)NCCC(=O)OC(C)(C)C. The Balaban J connectivity index is 5.19. The second kappa shape index (κ2) is 54.2. The van der Waals surface area contributed by atoms with E-state index in [1.807, 2.05) is 20.8 Å². The molecule has 0 radical (unpaired) electrons. The molecule has 0 aliphatic heterocycles. The van der Waals surface area contributed by atoms with Crippen LogP contribution in [-0.4, -0.2) is 61.4 Å². The second-order valence-corrected chi connectivity index (χ2v) is 23.6. The largest absolute Gasteiger partial charge is 0.463 e. The molecule has 0 fully saturated rings. The molecule has 0 saturated carbocycles. The first-order valence-corrected chi connectivity index (χ1v) is 32.4. The Bertz CT molecular complexity index is 1130. The third kappa shape index (κ3) is 53.2. The van der Waals surface area contributed by atoms with Gasteiger partial charge in [-0.1, -0.05) is 290 Å². The number of hydrogen-bond acceptors (Lipinski definition) is 9. The van der Waals surface area contributed by atoms with Gasteiger partial charge in [-0.3, -0.25) is 19.2 Å². The van der Waals surface area contributed by atoms with Crippen molar-refractivity contribution in [2.45, 2.75) is 367 Å². The predicted molar refractivity (Wildman–Crippen MR) is 313 cm³/mol. The summed E-state index contributed by atoms with van der Waals surface area (Å²) in [5, 5.41) is 3.35. The Morgan fingerprint density at radius 1 is 0.284 bits per heavy atom. The summed E-state index contributed by atoms with van der Waals surface area (Å²) >= 11 is 0. The molecule has 0 aromatic carbocycles. The number of nitrogens with one attached hydrogen (secondary N) is 1. The smallest absolute Gasteiger partial charge is 0.307 e. The highest BCUT2D eigenvalue weighted by atomic mass is 16.6. The summed E-state index contributed by atoms with van der Waals surface area (Å²) in [6.07, 6.45) is 57.2. The summed E-state index contributed by atoms with van der Waals surface area (Å²) in [7, 11) is 0. The van der Waals surface area contributed by atoms with E-state index in [0.29, 0.717) is 19.3 Å². The van der Waals surface area contributed by atoms with E-state index in [1.165, 1.54) is 231 Å². The van der Waals surface area contributed by atoms with Gasteiger partial charge in [-0.15, -0.1) is 0 Å². The van der Waals surface area contributed by atoms with E-state index < -0.39 is 11.1 Å². The molecule has 0 unspecified atom stereocenters. The molecule has 9 heteroatoms. The summed E-state index contributed by atoms with van der Waals surface area (Å²) in [5.41, 5.74) is -1.86. The van der Waals surface area contributed by atoms with Crippen molar-refractivity contribution in [2.75, 3.05) is 26.4 Å². The third-order valence-corrected chi connectivity index (χ3v) is 14.7. The van der Waals surface area contributed by atoms with Gasteiger partial charge in [-0.25, -0.2) is 0 Å². The number of hydrogen-bond donors (Lipinski definition) is 1. The normalized spacial score (nSPS) is 11.8. The minimum Gasteiger partial charge on any atom is -0.463 e. The highest BCUT2D eigenvalue weighted by Crippen LogP contribution is 2.19. The number of esters is 4. The standard InChI is InChI=1S/C65H125NO8/c1-7-10-13-16-19-22-25-28-31-34-37-40-43-46-49-52-60(67)71-57-65(66-56-55-63(70)74-64(4,5)6,58-72-61(68)53-50-47-44-41-38-35-32-29-26-23-20-17-14-11-8-2)59-73-62(69)54-51-48-45-42-39-36-33-30-27-24-21-18-15-12-9-3/h66H,7-59H2,1-6H3. The number of unbranched alkanes of at least 4 members (excludes halogenated alkanes) is 42. The van der Waals surface area contributed by atoms with Gasteiger partial charge in [-0.05, 0) is 40.0 Å². The number of carbonyl (C=O) groups is 4. The number of carbonyl (C=O) groups excluding carboxylic acids is 4. The summed E-state index contributed by atoms with van der Waals surface area (Å²) in [5.74, 6) is -1.36. The lowest BCUT2D eigenvalue weighted by Gasteiger charge is -2.33. The van der Waals surface area contributed by atoms with Gasteiger partial charge >= 0.3 is 23.9 Å². The molecule has 1 N–H and O–H groups in total. The van der Waals surface area contributed by atoms with Gasteiger partial charge in [0.1, 0.15) is 31.0 Å². The van der Waals surface area contributed by atoms with E-state index in [0.717, 1.165) is 57.8 Å².